The van der Waals surface area contributed by atoms with E-state index in [1.54, 1.807) is 6.92 Å². The summed E-state index contributed by atoms with van der Waals surface area (Å²) in [5, 5.41) is 9.57. The van der Waals surface area contributed by atoms with Crippen LogP contribution in [-0.4, -0.2) is 54.4 Å². The number of carbonyl (C=O) groups is 1. The van der Waals surface area contributed by atoms with Gasteiger partial charge in [-0.3, -0.25) is 4.79 Å². The minimum absolute atomic E-state index is 0.0928. The van der Waals surface area contributed by atoms with Crippen molar-refractivity contribution in [1.29, 1.82) is 0 Å². The fourth-order valence-corrected chi connectivity index (χ4v) is 5.36. The van der Waals surface area contributed by atoms with E-state index in [4.69, 9.17) is 4.74 Å². The van der Waals surface area contributed by atoms with Crippen LogP contribution >= 0.6 is 0 Å². The van der Waals surface area contributed by atoms with E-state index in [9.17, 15) is 9.90 Å². The van der Waals surface area contributed by atoms with Crippen LogP contribution in [0.1, 0.15) is 164 Å². The van der Waals surface area contributed by atoms with Gasteiger partial charge in [-0.1, -0.05) is 97.8 Å². The van der Waals surface area contributed by atoms with E-state index in [0.29, 0.717) is 0 Å². The lowest BCUT2D eigenvalue weighted by atomic mass is 9.88. The molecule has 4 nitrogen and oxygen atoms in total. The van der Waals surface area contributed by atoms with Gasteiger partial charge in [0.15, 0.2) is 0 Å². The Balaban J connectivity index is 5.28. The molecule has 4 heteroatoms. The minimum Gasteiger partial charge on any atom is -0.463 e. The van der Waals surface area contributed by atoms with Crippen molar-refractivity contribution in [2.24, 2.45) is 5.41 Å². The summed E-state index contributed by atoms with van der Waals surface area (Å²) in [6.45, 7) is 17.5. The monoisotopic (exact) mass is 527 g/mol. The zero-order chi connectivity index (χ0) is 27.8. The first kappa shape index (κ1) is 36.4. The molecule has 0 fully saturated rings. The molecule has 0 heterocycles. The molecule has 0 saturated carbocycles. The van der Waals surface area contributed by atoms with Gasteiger partial charge >= 0.3 is 5.97 Å². The number of hydrogen-bond acceptors (Lipinski definition) is 3. The highest BCUT2D eigenvalue weighted by molar-refractivity contribution is 5.75. The number of esters is 1. The van der Waals surface area contributed by atoms with Crippen molar-refractivity contribution in [3.63, 3.8) is 0 Å². The summed E-state index contributed by atoms with van der Waals surface area (Å²) < 4.78 is 6.63. The molecule has 37 heavy (non-hydrogen) atoms. The normalized spacial score (nSPS) is 13.2. The van der Waals surface area contributed by atoms with E-state index in [-0.39, 0.29) is 12.6 Å². The number of ether oxygens (including phenoxy) is 1. The highest BCUT2D eigenvalue weighted by Crippen LogP contribution is 2.27. The zero-order valence-corrected chi connectivity index (χ0v) is 26.3. The van der Waals surface area contributed by atoms with Gasteiger partial charge in [0.25, 0.3) is 0 Å². The molecular formula is C33H68NO3+. The summed E-state index contributed by atoms with van der Waals surface area (Å²) in [6.07, 6.45) is 24.4. The van der Waals surface area contributed by atoms with Gasteiger partial charge in [0.1, 0.15) is 6.61 Å². The zero-order valence-electron chi connectivity index (χ0n) is 26.3. The molecule has 0 aliphatic rings. The van der Waals surface area contributed by atoms with Gasteiger partial charge < -0.3 is 14.3 Å². The topological polar surface area (TPSA) is 46.5 Å². The van der Waals surface area contributed by atoms with Crippen LogP contribution in [0, 0.1) is 5.41 Å². The van der Waals surface area contributed by atoms with Crippen LogP contribution in [0.25, 0.3) is 0 Å². The molecule has 0 aromatic carbocycles. The first-order chi connectivity index (χ1) is 17.7. The van der Waals surface area contributed by atoms with Crippen LogP contribution in [0.2, 0.25) is 0 Å². The Morgan fingerprint density at radius 2 is 1.00 bits per heavy atom. The van der Waals surface area contributed by atoms with Crippen LogP contribution in [0.15, 0.2) is 0 Å². The van der Waals surface area contributed by atoms with Gasteiger partial charge in [0.05, 0.1) is 37.7 Å². The highest BCUT2D eigenvalue weighted by atomic mass is 16.5. The number of aliphatic hydroxyl groups is 1. The third-order valence-electron chi connectivity index (χ3n) is 8.18. The summed E-state index contributed by atoms with van der Waals surface area (Å²) in [7, 11) is 0. The number of aliphatic hydroxyl groups excluding tert-OH is 1. The van der Waals surface area contributed by atoms with Crippen LogP contribution in [0.3, 0.4) is 0 Å². The minimum atomic E-state index is -0.609. The molecule has 0 bridgehead atoms. The van der Waals surface area contributed by atoms with Crippen LogP contribution in [-0.2, 0) is 9.53 Å². The maximum atomic E-state index is 12.8. The fourth-order valence-electron chi connectivity index (χ4n) is 5.36. The Bertz CT molecular complexity index is 477. The van der Waals surface area contributed by atoms with Crippen LogP contribution < -0.4 is 0 Å². The lowest BCUT2D eigenvalue weighted by Crippen LogP contribution is -2.52. The van der Waals surface area contributed by atoms with Crippen molar-refractivity contribution in [1.82, 2.24) is 0 Å². The van der Waals surface area contributed by atoms with E-state index in [2.05, 4.69) is 20.8 Å². The first-order valence-electron chi connectivity index (χ1n) is 16.4. The lowest BCUT2D eigenvalue weighted by Gasteiger charge is -2.41. The molecule has 1 unspecified atom stereocenters. The number of unbranched alkanes of at least 4 members (excludes halogenated alkanes) is 15. The van der Waals surface area contributed by atoms with Gasteiger partial charge in [-0.15, -0.1) is 0 Å². The SMILES string of the molecule is CCCCCCCC[N+](CCCCCCCC)(CCCCCCCC)CCC(C)(C)C(=O)OCC(C)O. The maximum absolute atomic E-state index is 12.8. The van der Waals surface area contributed by atoms with Crippen molar-refractivity contribution in [2.75, 3.05) is 32.8 Å². The molecule has 0 spiro atoms. The van der Waals surface area contributed by atoms with Gasteiger partial charge in [-0.05, 0) is 59.3 Å². The maximum Gasteiger partial charge on any atom is 0.311 e. The number of quaternary nitrogens is 1. The van der Waals surface area contributed by atoms with Gasteiger partial charge in [-0.25, -0.2) is 0 Å². The largest absolute Gasteiger partial charge is 0.463 e. The molecule has 0 amide bonds. The van der Waals surface area contributed by atoms with Crippen molar-refractivity contribution in [3.05, 3.63) is 0 Å². The van der Waals surface area contributed by atoms with Crippen molar-refractivity contribution < 1.29 is 19.1 Å². The number of carbonyl (C=O) groups excluding carboxylic acids is 1. The summed E-state index contributed by atoms with van der Waals surface area (Å²) in [5.74, 6) is -0.162. The third kappa shape index (κ3) is 20.0. The van der Waals surface area contributed by atoms with Gasteiger partial charge in [0.2, 0.25) is 0 Å². The summed E-state index contributed by atoms with van der Waals surface area (Å²) in [6, 6.07) is 0. The average molecular weight is 527 g/mol. The standard InChI is InChI=1S/C33H68NO3/c1-7-10-13-16-19-22-26-34(27-23-20-17-14-11-8-2,28-24-21-18-15-12-9-3)29-25-33(5,6)32(36)37-30-31(4)35/h31,35H,7-30H2,1-6H3/q+1. The Morgan fingerprint density at radius 1 is 0.649 bits per heavy atom. The molecule has 0 aliphatic carbocycles. The molecule has 222 valence electrons. The molecular weight excluding hydrogens is 458 g/mol. The van der Waals surface area contributed by atoms with Crippen LogP contribution in [0.4, 0.5) is 0 Å². The van der Waals surface area contributed by atoms with Crippen molar-refractivity contribution >= 4 is 5.97 Å². The van der Waals surface area contributed by atoms with Gasteiger partial charge in [-0.2, -0.15) is 0 Å². The van der Waals surface area contributed by atoms with E-state index >= 15 is 0 Å². The molecule has 0 aliphatic heterocycles. The molecule has 0 aromatic rings. The Morgan fingerprint density at radius 3 is 1.35 bits per heavy atom. The summed E-state index contributed by atoms with van der Waals surface area (Å²) >= 11 is 0. The molecule has 0 radical (unpaired) electrons. The molecule has 1 atom stereocenters. The second-order valence-electron chi connectivity index (χ2n) is 12.6. The van der Waals surface area contributed by atoms with Crippen molar-refractivity contribution in [2.45, 2.75) is 170 Å². The average Bonchev–Trinajstić information content (AvgIpc) is 2.87. The smallest absolute Gasteiger partial charge is 0.311 e. The number of rotatable bonds is 27. The fraction of sp³-hybridized carbons (Fsp3) is 0.970. The van der Waals surface area contributed by atoms with E-state index < -0.39 is 11.5 Å². The van der Waals surface area contributed by atoms with E-state index in [1.807, 2.05) is 13.8 Å². The number of hydrogen-bond donors (Lipinski definition) is 1. The third-order valence-corrected chi connectivity index (χ3v) is 8.18. The Hall–Kier alpha value is -0.610. The van der Waals surface area contributed by atoms with Gasteiger partial charge in [0, 0.05) is 6.42 Å². The quantitative estimate of drug-likeness (QED) is 0.0659. The highest BCUT2D eigenvalue weighted by Gasteiger charge is 2.35. The van der Waals surface area contributed by atoms with Crippen LogP contribution in [0.5, 0.6) is 0 Å². The predicted molar refractivity (Wildman–Crippen MR) is 161 cm³/mol. The van der Waals surface area contributed by atoms with E-state index in [1.165, 1.54) is 140 Å². The Labute approximate surface area is 232 Å². The molecule has 0 aromatic heterocycles. The summed E-state index contributed by atoms with van der Waals surface area (Å²) in [4.78, 5) is 12.8. The second kappa shape index (κ2) is 23.3. The molecule has 0 rings (SSSR count). The summed E-state index contributed by atoms with van der Waals surface area (Å²) in [5.41, 5.74) is -0.512. The molecule has 0 saturated heterocycles. The Kier molecular flexibility index (Phi) is 22.9. The van der Waals surface area contributed by atoms with E-state index in [0.717, 1.165) is 13.0 Å². The predicted octanol–water partition coefficient (Wildman–Crippen LogP) is 9.23. The second-order valence-corrected chi connectivity index (χ2v) is 12.6. The van der Waals surface area contributed by atoms with Crippen molar-refractivity contribution in [3.8, 4) is 0 Å². The lowest BCUT2D eigenvalue weighted by molar-refractivity contribution is -0.929. The number of nitrogens with zero attached hydrogens (tertiary/aromatic N) is 1. The first-order valence-corrected chi connectivity index (χ1v) is 16.4. The molecule has 1 N–H and O–H groups in total.